The van der Waals surface area contributed by atoms with E-state index in [1.165, 1.54) is 12.4 Å². The lowest BCUT2D eigenvalue weighted by Gasteiger charge is -2.29. The number of nitrogens with one attached hydrogen (secondary N) is 2. The van der Waals surface area contributed by atoms with E-state index in [2.05, 4.69) is 19.9 Å². The maximum absolute atomic E-state index is 15.5. The third-order valence-corrected chi connectivity index (χ3v) is 9.24. The lowest BCUT2D eigenvalue weighted by Crippen LogP contribution is -2.35. The number of hydrogen-bond acceptors (Lipinski definition) is 8. The smallest absolute Gasteiger partial charge is 0.301 e. The van der Waals surface area contributed by atoms with Gasteiger partial charge in [0.1, 0.15) is 23.9 Å². The summed E-state index contributed by atoms with van der Waals surface area (Å²) in [7, 11) is -4.34. The fourth-order valence-electron chi connectivity index (χ4n) is 5.30. The van der Waals surface area contributed by atoms with Gasteiger partial charge in [0.25, 0.3) is 0 Å². The maximum atomic E-state index is 15.5. The largest absolute Gasteiger partial charge is 0.345 e. The van der Waals surface area contributed by atoms with E-state index in [9.17, 15) is 26.8 Å². The second kappa shape index (κ2) is 11.4. The highest BCUT2D eigenvalue weighted by molar-refractivity contribution is 7.90. The molecule has 1 aromatic carbocycles. The summed E-state index contributed by atoms with van der Waals surface area (Å²) >= 11 is 0. The zero-order valence-electron chi connectivity index (χ0n) is 22.6. The third-order valence-electron chi connectivity index (χ3n) is 7.75. The summed E-state index contributed by atoms with van der Waals surface area (Å²) in [5.41, 5.74) is -0.258. The lowest BCUT2D eigenvalue weighted by atomic mass is 9.99. The molecule has 224 valence electrons. The van der Waals surface area contributed by atoms with E-state index in [1.807, 2.05) is 9.62 Å². The van der Waals surface area contributed by atoms with E-state index in [1.54, 1.807) is 18.5 Å². The summed E-state index contributed by atoms with van der Waals surface area (Å²) in [6.45, 7) is 0.848. The van der Waals surface area contributed by atoms with Crippen molar-refractivity contribution in [1.82, 2.24) is 24.2 Å². The molecule has 6 rings (SSSR count). The van der Waals surface area contributed by atoms with Crippen LogP contribution >= 0.6 is 0 Å². The number of rotatable bonds is 8. The van der Waals surface area contributed by atoms with Crippen LogP contribution in [0.25, 0.3) is 22.2 Å². The van der Waals surface area contributed by atoms with Gasteiger partial charge >= 0.3 is 10.2 Å². The highest BCUT2D eigenvalue weighted by atomic mass is 32.2. The fourth-order valence-corrected chi connectivity index (χ4v) is 6.57. The molecule has 2 aliphatic heterocycles. The predicted octanol–water partition coefficient (Wildman–Crippen LogP) is 3.64. The minimum Gasteiger partial charge on any atom is -0.345 e. The topological polar surface area (TPSA) is 141 Å². The van der Waals surface area contributed by atoms with Gasteiger partial charge < -0.3 is 14.7 Å². The molecular formula is C28H26F3N7O4S. The molecule has 0 aliphatic carbocycles. The first-order valence-electron chi connectivity index (χ1n) is 13.6. The number of piperidine rings is 1. The lowest BCUT2D eigenvalue weighted by molar-refractivity contribution is -0.111. The zero-order valence-corrected chi connectivity index (χ0v) is 23.5. The summed E-state index contributed by atoms with van der Waals surface area (Å²) in [6.07, 6.45) is 7.11. The van der Waals surface area contributed by atoms with Crippen molar-refractivity contribution in [1.29, 1.82) is 0 Å². The Morgan fingerprint density at radius 3 is 2.42 bits per heavy atom. The summed E-state index contributed by atoms with van der Waals surface area (Å²) in [5.74, 6) is -3.05. The third kappa shape index (κ3) is 5.57. The molecule has 11 nitrogen and oxygen atoms in total. The van der Waals surface area contributed by atoms with Crippen LogP contribution < -0.4 is 9.62 Å². The number of carbonyl (C=O) groups is 2. The van der Waals surface area contributed by atoms with Gasteiger partial charge in [-0.25, -0.2) is 28.1 Å². The number of halogens is 3. The number of ketones is 1. The molecule has 2 saturated heterocycles. The number of aromatic nitrogens is 4. The number of fused-ring (bicyclic) bond motifs is 1. The van der Waals surface area contributed by atoms with Gasteiger partial charge in [-0.1, -0.05) is 0 Å². The second-order valence-corrected chi connectivity index (χ2v) is 12.2. The monoisotopic (exact) mass is 613 g/mol. The van der Waals surface area contributed by atoms with Crippen LogP contribution in [0.4, 0.5) is 24.8 Å². The van der Waals surface area contributed by atoms with E-state index < -0.39 is 45.0 Å². The number of aromatic amines is 1. The molecule has 2 N–H and O–H groups in total. The van der Waals surface area contributed by atoms with Gasteiger partial charge in [-0.15, -0.1) is 0 Å². The van der Waals surface area contributed by atoms with Gasteiger partial charge in [-0.3, -0.25) is 9.52 Å². The van der Waals surface area contributed by atoms with E-state index in [-0.39, 0.29) is 42.0 Å². The number of benzene rings is 1. The molecule has 3 aromatic heterocycles. The second-order valence-electron chi connectivity index (χ2n) is 10.5. The van der Waals surface area contributed by atoms with E-state index >= 15 is 4.39 Å². The van der Waals surface area contributed by atoms with Crippen molar-refractivity contribution in [2.45, 2.75) is 25.4 Å². The van der Waals surface area contributed by atoms with E-state index in [4.69, 9.17) is 0 Å². The predicted molar refractivity (Wildman–Crippen MR) is 152 cm³/mol. The summed E-state index contributed by atoms with van der Waals surface area (Å²) in [5, 5.41) is 0.276. The summed E-state index contributed by atoms with van der Waals surface area (Å²) in [6, 6.07) is 3.27. The van der Waals surface area contributed by atoms with Gasteiger partial charge in [0.2, 0.25) is 11.7 Å². The SMILES string of the molecule is O=CC1CCN(c2ncc(-c3cnc4[nH]cc(C(=O)c5c(F)ccc(NS(=O)(=O)N6CCC(F)C6)c5F)c4c3)cn2)CC1. The molecule has 1 atom stereocenters. The van der Waals surface area contributed by atoms with Crippen LogP contribution in [0.5, 0.6) is 0 Å². The molecule has 0 spiro atoms. The molecule has 1 unspecified atom stereocenters. The van der Waals surface area contributed by atoms with Crippen LogP contribution in [0.15, 0.2) is 43.0 Å². The average molecular weight is 614 g/mol. The Hall–Kier alpha value is -4.37. The van der Waals surface area contributed by atoms with Crippen LogP contribution in [0.1, 0.15) is 35.2 Å². The van der Waals surface area contributed by atoms with Crippen molar-refractivity contribution in [3.8, 4) is 11.1 Å². The minimum atomic E-state index is -4.34. The number of pyridine rings is 1. The number of carbonyl (C=O) groups excluding carboxylic acids is 2. The Balaban J connectivity index is 1.27. The Bertz CT molecular complexity index is 1810. The molecule has 2 aliphatic rings. The Morgan fingerprint density at radius 2 is 1.74 bits per heavy atom. The number of nitrogens with zero attached hydrogens (tertiary/aromatic N) is 5. The molecule has 0 amide bonds. The molecule has 0 bridgehead atoms. The highest BCUT2D eigenvalue weighted by Gasteiger charge is 2.33. The van der Waals surface area contributed by atoms with Crippen LogP contribution in [0.3, 0.4) is 0 Å². The van der Waals surface area contributed by atoms with Crippen molar-refractivity contribution in [3.63, 3.8) is 0 Å². The van der Waals surface area contributed by atoms with Gasteiger partial charge in [-0.2, -0.15) is 12.7 Å². The van der Waals surface area contributed by atoms with Crippen LogP contribution in [0.2, 0.25) is 0 Å². The molecule has 0 radical (unpaired) electrons. The van der Waals surface area contributed by atoms with Gasteiger partial charge in [0.05, 0.1) is 11.3 Å². The van der Waals surface area contributed by atoms with Gasteiger partial charge in [-0.05, 0) is 37.5 Å². The molecule has 5 heterocycles. The van der Waals surface area contributed by atoms with E-state index in [0.29, 0.717) is 30.2 Å². The molecule has 0 saturated carbocycles. The highest BCUT2D eigenvalue weighted by Crippen LogP contribution is 2.30. The number of aldehydes is 1. The molecule has 4 aromatic rings. The van der Waals surface area contributed by atoms with Gasteiger partial charge in [0.15, 0.2) is 5.82 Å². The standard InChI is InChI=1S/C28H26F3N7O4S/c29-19-5-8-38(14-19)43(41,42)36-23-2-1-22(30)24(25(23)31)26(40)21-13-33-27-20(21)9-17(10-32-27)18-11-34-28(35-12-18)37-6-3-16(15-39)4-7-37/h1-2,9-13,15-16,19,36H,3-8,14H2,(H,32,33). The molecule has 2 fully saturated rings. The summed E-state index contributed by atoms with van der Waals surface area (Å²) < 4.78 is 72.0. The van der Waals surface area contributed by atoms with Crippen molar-refractivity contribution in [2.24, 2.45) is 5.92 Å². The van der Waals surface area contributed by atoms with Gasteiger partial charge in [0, 0.05) is 79.0 Å². The van der Waals surface area contributed by atoms with Crippen molar-refractivity contribution in [3.05, 3.63) is 65.7 Å². The summed E-state index contributed by atoms with van der Waals surface area (Å²) in [4.78, 5) is 42.5. The quantitative estimate of drug-likeness (QED) is 0.227. The number of alkyl halides is 1. The Labute approximate surface area is 244 Å². The molecular weight excluding hydrogens is 587 g/mol. The first kappa shape index (κ1) is 28.7. The Kier molecular flexibility index (Phi) is 7.60. The van der Waals surface area contributed by atoms with Crippen molar-refractivity contribution < 1.29 is 31.2 Å². The zero-order chi connectivity index (χ0) is 30.3. The van der Waals surface area contributed by atoms with Crippen LogP contribution in [0, 0.1) is 17.6 Å². The maximum Gasteiger partial charge on any atom is 0.301 e. The Morgan fingerprint density at radius 1 is 1.02 bits per heavy atom. The van der Waals surface area contributed by atoms with Crippen LogP contribution in [-0.2, 0) is 15.0 Å². The molecule has 15 heteroatoms. The van der Waals surface area contributed by atoms with Crippen LogP contribution in [-0.4, -0.2) is 77.1 Å². The number of anilines is 2. The number of H-pyrrole nitrogens is 1. The average Bonchev–Trinajstić information content (AvgIpc) is 3.65. The number of hydrogen-bond donors (Lipinski definition) is 2. The van der Waals surface area contributed by atoms with Crippen molar-refractivity contribution >= 4 is 44.9 Å². The first-order chi connectivity index (χ1) is 20.6. The normalized spacial score (nSPS) is 18.3. The minimum absolute atomic E-state index is 0.00467. The first-order valence-corrected chi connectivity index (χ1v) is 15.0. The van der Waals surface area contributed by atoms with E-state index in [0.717, 1.165) is 35.6 Å². The van der Waals surface area contributed by atoms with Crippen molar-refractivity contribution in [2.75, 3.05) is 35.8 Å². The fraction of sp³-hybridized carbons (Fsp3) is 0.321. The molecule has 43 heavy (non-hydrogen) atoms.